The largest absolute Gasteiger partial charge is 0.392 e. The summed E-state index contributed by atoms with van der Waals surface area (Å²) in [6.07, 6.45) is 6.22. The van der Waals surface area contributed by atoms with Crippen LogP contribution in [0.1, 0.15) is 38.4 Å². The Morgan fingerprint density at radius 1 is 1.60 bits per heavy atom. The monoisotopic (exact) mass is 226 g/mol. The first-order valence-corrected chi connectivity index (χ1v) is 6.53. The minimum Gasteiger partial charge on any atom is -0.392 e. The summed E-state index contributed by atoms with van der Waals surface area (Å²) in [7, 11) is 0. The van der Waals surface area contributed by atoms with Gasteiger partial charge in [0, 0.05) is 28.9 Å². The fourth-order valence-electron chi connectivity index (χ4n) is 1.48. The van der Waals surface area contributed by atoms with Crippen molar-refractivity contribution in [1.82, 2.24) is 9.55 Å². The van der Waals surface area contributed by atoms with E-state index in [4.69, 9.17) is 0 Å². The molecule has 0 bridgehead atoms. The van der Waals surface area contributed by atoms with Crippen LogP contribution in [-0.4, -0.2) is 26.0 Å². The summed E-state index contributed by atoms with van der Waals surface area (Å²) in [5.41, 5.74) is 1.29. The minimum atomic E-state index is -0.243. The van der Waals surface area contributed by atoms with Gasteiger partial charge in [0.25, 0.3) is 0 Å². The Hall–Kier alpha value is -0.480. The summed E-state index contributed by atoms with van der Waals surface area (Å²) in [6.45, 7) is 3.91. The van der Waals surface area contributed by atoms with E-state index in [1.165, 1.54) is 18.5 Å². The molecule has 1 saturated carbocycles. The molecule has 0 spiro atoms. The molecule has 1 fully saturated rings. The second kappa shape index (κ2) is 4.58. The zero-order chi connectivity index (χ0) is 10.8. The van der Waals surface area contributed by atoms with E-state index in [2.05, 4.69) is 16.5 Å². The van der Waals surface area contributed by atoms with Crippen LogP contribution in [0.4, 0.5) is 0 Å². The topological polar surface area (TPSA) is 38.1 Å². The maximum absolute atomic E-state index is 9.40. The average Bonchev–Trinajstić information content (AvgIpc) is 2.94. The van der Waals surface area contributed by atoms with Gasteiger partial charge < -0.3 is 9.67 Å². The van der Waals surface area contributed by atoms with E-state index < -0.39 is 0 Å². The van der Waals surface area contributed by atoms with Crippen molar-refractivity contribution in [3.05, 3.63) is 18.2 Å². The first-order valence-electron chi connectivity index (χ1n) is 5.49. The van der Waals surface area contributed by atoms with Gasteiger partial charge in [0.15, 0.2) is 0 Å². The summed E-state index contributed by atoms with van der Waals surface area (Å²) in [6, 6.07) is 0.699. The van der Waals surface area contributed by atoms with Crippen LogP contribution in [0.15, 0.2) is 12.5 Å². The maximum atomic E-state index is 9.40. The number of aliphatic hydroxyl groups excluding tert-OH is 1. The predicted molar refractivity (Wildman–Crippen MR) is 62.9 cm³/mol. The molecule has 1 aliphatic carbocycles. The van der Waals surface area contributed by atoms with E-state index in [-0.39, 0.29) is 11.4 Å². The smallest absolute Gasteiger partial charge is 0.0951 e. The van der Waals surface area contributed by atoms with Gasteiger partial charge in [-0.15, -0.1) is 11.8 Å². The minimum absolute atomic E-state index is 0.243. The summed E-state index contributed by atoms with van der Waals surface area (Å²) in [5, 5.41) is 9.68. The van der Waals surface area contributed by atoms with Gasteiger partial charge in [0.2, 0.25) is 0 Å². The number of thioether (sulfide) groups is 1. The summed E-state index contributed by atoms with van der Waals surface area (Å²) >= 11 is 1.79. The SMILES string of the molecule is CC(O)C(C)SCc1cncn1C1CC1. The summed E-state index contributed by atoms with van der Waals surface area (Å²) < 4.78 is 2.28. The van der Waals surface area contributed by atoms with Crippen LogP contribution >= 0.6 is 11.8 Å². The van der Waals surface area contributed by atoms with Gasteiger partial charge in [-0.25, -0.2) is 4.98 Å². The van der Waals surface area contributed by atoms with Gasteiger partial charge >= 0.3 is 0 Å². The van der Waals surface area contributed by atoms with Crippen LogP contribution in [-0.2, 0) is 5.75 Å². The van der Waals surface area contributed by atoms with Crippen molar-refractivity contribution < 1.29 is 5.11 Å². The van der Waals surface area contributed by atoms with Crippen LogP contribution in [0.3, 0.4) is 0 Å². The molecule has 0 radical (unpaired) electrons. The van der Waals surface area contributed by atoms with Crippen molar-refractivity contribution in [1.29, 1.82) is 0 Å². The highest BCUT2D eigenvalue weighted by molar-refractivity contribution is 7.99. The number of aliphatic hydroxyl groups is 1. The molecule has 4 heteroatoms. The molecule has 1 aromatic heterocycles. The first kappa shape index (κ1) is 11.0. The Morgan fingerprint density at radius 2 is 2.33 bits per heavy atom. The Morgan fingerprint density at radius 3 is 2.93 bits per heavy atom. The van der Waals surface area contributed by atoms with Crippen LogP contribution in [0.5, 0.6) is 0 Å². The van der Waals surface area contributed by atoms with E-state index in [0.29, 0.717) is 6.04 Å². The zero-order valence-corrected chi connectivity index (χ0v) is 10.1. The van der Waals surface area contributed by atoms with Gasteiger partial charge in [0.05, 0.1) is 12.4 Å². The quantitative estimate of drug-likeness (QED) is 0.836. The first-order chi connectivity index (χ1) is 7.18. The Balaban J connectivity index is 1.90. The van der Waals surface area contributed by atoms with Crippen LogP contribution in [0.2, 0.25) is 0 Å². The zero-order valence-electron chi connectivity index (χ0n) is 9.26. The van der Waals surface area contributed by atoms with E-state index in [0.717, 1.165) is 5.75 Å². The number of hydrogen-bond donors (Lipinski definition) is 1. The van der Waals surface area contributed by atoms with Crippen molar-refractivity contribution in [2.45, 2.75) is 49.8 Å². The van der Waals surface area contributed by atoms with Crippen LogP contribution in [0.25, 0.3) is 0 Å². The molecule has 15 heavy (non-hydrogen) atoms. The Labute approximate surface area is 94.9 Å². The lowest BCUT2D eigenvalue weighted by molar-refractivity contribution is 0.196. The molecule has 0 saturated heterocycles. The van der Waals surface area contributed by atoms with E-state index >= 15 is 0 Å². The van der Waals surface area contributed by atoms with Gasteiger partial charge in [-0.2, -0.15) is 0 Å². The predicted octanol–water partition coefficient (Wildman–Crippen LogP) is 2.22. The Bertz CT molecular complexity index is 320. The molecule has 84 valence electrons. The number of imidazole rings is 1. The van der Waals surface area contributed by atoms with Crippen molar-refractivity contribution in [3.8, 4) is 0 Å². The molecule has 0 aromatic carbocycles. The summed E-state index contributed by atoms with van der Waals surface area (Å²) in [5.74, 6) is 0.947. The molecular formula is C11H18N2OS. The summed E-state index contributed by atoms with van der Waals surface area (Å²) in [4.78, 5) is 4.19. The molecular weight excluding hydrogens is 208 g/mol. The molecule has 1 aliphatic rings. The third kappa shape index (κ3) is 2.75. The molecule has 1 heterocycles. The van der Waals surface area contributed by atoms with E-state index in [1.807, 2.05) is 19.4 Å². The van der Waals surface area contributed by atoms with Crippen molar-refractivity contribution in [3.63, 3.8) is 0 Å². The highest BCUT2D eigenvalue weighted by Crippen LogP contribution is 2.36. The molecule has 2 unspecified atom stereocenters. The normalized spacial score (nSPS) is 20.2. The molecule has 1 N–H and O–H groups in total. The fourth-order valence-corrected chi connectivity index (χ4v) is 2.42. The Kier molecular flexibility index (Phi) is 3.36. The van der Waals surface area contributed by atoms with Gasteiger partial charge in [-0.05, 0) is 19.8 Å². The molecule has 1 aromatic rings. The molecule has 2 atom stereocenters. The third-order valence-electron chi connectivity index (χ3n) is 2.86. The maximum Gasteiger partial charge on any atom is 0.0951 e. The standard InChI is InChI=1S/C11H18N2OS/c1-8(14)9(2)15-6-11-5-12-7-13(11)10-3-4-10/h5,7-10,14H,3-4,6H2,1-2H3. The van der Waals surface area contributed by atoms with Crippen molar-refractivity contribution in [2.24, 2.45) is 0 Å². The average molecular weight is 226 g/mol. The highest BCUT2D eigenvalue weighted by Gasteiger charge is 2.25. The lowest BCUT2D eigenvalue weighted by atomic mass is 10.3. The van der Waals surface area contributed by atoms with E-state index in [9.17, 15) is 5.11 Å². The number of aromatic nitrogens is 2. The molecule has 0 amide bonds. The second-order valence-electron chi connectivity index (χ2n) is 4.28. The van der Waals surface area contributed by atoms with Crippen molar-refractivity contribution in [2.75, 3.05) is 0 Å². The van der Waals surface area contributed by atoms with Crippen LogP contribution in [0, 0.1) is 0 Å². The second-order valence-corrected chi connectivity index (χ2v) is 5.65. The third-order valence-corrected chi connectivity index (χ3v) is 4.24. The van der Waals surface area contributed by atoms with E-state index in [1.54, 1.807) is 11.8 Å². The van der Waals surface area contributed by atoms with Crippen LogP contribution < -0.4 is 0 Å². The fraction of sp³-hybridized carbons (Fsp3) is 0.727. The lowest BCUT2D eigenvalue weighted by Crippen LogP contribution is -2.15. The molecule has 3 nitrogen and oxygen atoms in total. The van der Waals surface area contributed by atoms with Crippen molar-refractivity contribution >= 4 is 11.8 Å². The number of nitrogens with zero attached hydrogens (tertiary/aromatic N) is 2. The highest BCUT2D eigenvalue weighted by atomic mass is 32.2. The van der Waals surface area contributed by atoms with Gasteiger partial charge in [-0.1, -0.05) is 6.92 Å². The van der Waals surface area contributed by atoms with Gasteiger partial charge in [-0.3, -0.25) is 0 Å². The molecule has 2 rings (SSSR count). The van der Waals surface area contributed by atoms with Gasteiger partial charge in [0.1, 0.15) is 0 Å². The number of rotatable bonds is 5. The lowest BCUT2D eigenvalue weighted by Gasteiger charge is -2.14. The number of hydrogen-bond acceptors (Lipinski definition) is 3. The molecule has 0 aliphatic heterocycles.